The highest BCUT2D eigenvalue weighted by Crippen LogP contribution is 2.14. The molecule has 16 heavy (non-hydrogen) atoms. The number of ether oxygens (including phenoxy) is 1. The molecule has 1 aromatic rings. The molecule has 0 aromatic heterocycles. The fourth-order valence-electron chi connectivity index (χ4n) is 1.68. The summed E-state index contributed by atoms with van der Waals surface area (Å²) in [7, 11) is 0. The van der Waals surface area contributed by atoms with Gasteiger partial charge in [0, 0.05) is 13.3 Å². The molecule has 0 fully saturated rings. The molecule has 0 spiro atoms. The maximum Gasteiger partial charge on any atom is 0.303 e. The highest BCUT2D eigenvalue weighted by molar-refractivity contribution is 5.66. The lowest BCUT2D eigenvalue weighted by atomic mass is 10.0. The Morgan fingerprint density at radius 2 is 2.19 bits per heavy atom. The molecular weight excluding hydrogens is 200 g/mol. The Morgan fingerprint density at radius 3 is 2.69 bits per heavy atom. The molecule has 2 heteroatoms. The lowest BCUT2D eigenvalue weighted by Gasteiger charge is -2.14. The van der Waals surface area contributed by atoms with E-state index in [-0.39, 0.29) is 12.1 Å². The Labute approximate surface area is 96.9 Å². The number of esters is 1. The van der Waals surface area contributed by atoms with Crippen LogP contribution in [0.5, 0.6) is 0 Å². The summed E-state index contributed by atoms with van der Waals surface area (Å²) in [6.07, 6.45) is 2.12. The largest absolute Gasteiger partial charge is 0.458 e. The van der Waals surface area contributed by atoms with Gasteiger partial charge in [0.05, 0.1) is 0 Å². The second-order valence-corrected chi connectivity index (χ2v) is 4.02. The van der Waals surface area contributed by atoms with E-state index >= 15 is 0 Å². The molecule has 0 N–H and O–H groups in total. The minimum atomic E-state index is -0.269. The Balaban J connectivity index is 2.77. The molecule has 0 aliphatic heterocycles. The zero-order valence-corrected chi connectivity index (χ0v) is 10.1. The van der Waals surface area contributed by atoms with Crippen LogP contribution < -0.4 is 0 Å². The van der Waals surface area contributed by atoms with Crippen molar-refractivity contribution in [2.24, 2.45) is 0 Å². The first-order chi connectivity index (χ1) is 7.52. The van der Waals surface area contributed by atoms with Gasteiger partial charge in [-0.25, -0.2) is 0 Å². The first-order valence-corrected chi connectivity index (χ1v) is 5.39. The monoisotopic (exact) mass is 218 g/mol. The normalized spacial score (nSPS) is 11.9. The average Bonchev–Trinajstić information content (AvgIpc) is 2.20. The number of hydrogen-bond acceptors (Lipinski definition) is 2. The first kappa shape index (κ1) is 12.5. The van der Waals surface area contributed by atoms with Crippen LogP contribution in [0.2, 0.25) is 0 Å². The van der Waals surface area contributed by atoms with Gasteiger partial charge in [0.2, 0.25) is 0 Å². The first-order valence-electron chi connectivity index (χ1n) is 5.39. The molecule has 1 unspecified atom stereocenters. The predicted octanol–water partition coefficient (Wildman–Crippen LogP) is 2.96. The van der Waals surface area contributed by atoms with E-state index in [0.29, 0.717) is 6.42 Å². The zero-order valence-electron chi connectivity index (χ0n) is 10.1. The highest BCUT2D eigenvalue weighted by Gasteiger charge is 2.10. The number of carbonyl (C=O) groups is 1. The van der Waals surface area contributed by atoms with E-state index < -0.39 is 0 Å². The average molecular weight is 218 g/mol. The van der Waals surface area contributed by atoms with Crippen LogP contribution in [0.25, 0.3) is 0 Å². The number of benzene rings is 1. The van der Waals surface area contributed by atoms with E-state index in [0.717, 1.165) is 0 Å². The minimum absolute atomic E-state index is 0.237. The standard InChI is InChI=1S/C14H18O2/c1-5-14(16-12(4)15)9-13-7-6-10(2)8-11(13)3/h5-8,14H,1,9H2,2-4H3. The predicted molar refractivity (Wildman–Crippen MR) is 65.4 cm³/mol. The van der Waals surface area contributed by atoms with Gasteiger partial charge in [-0.2, -0.15) is 0 Å². The van der Waals surface area contributed by atoms with Gasteiger partial charge in [-0.3, -0.25) is 4.79 Å². The number of rotatable bonds is 4. The second kappa shape index (κ2) is 5.50. The van der Waals surface area contributed by atoms with Crippen LogP contribution in [-0.4, -0.2) is 12.1 Å². The third-order valence-electron chi connectivity index (χ3n) is 2.50. The van der Waals surface area contributed by atoms with Crippen LogP contribution in [0.3, 0.4) is 0 Å². The topological polar surface area (TPSA) is 26.3 Å². The molecule has 0 heterocycles. The molecule has 1 atom stereocenters. The van der Waals surface area contributed by atoms with E-state index in [1.807, 2.05) is 0 Å². The Kier molecular flexibility index (Phi) is 4.29. The molecule has 0 radical (unpaired) electrons. The summed E-state index contributed by atoms with van der Waals surface area (Å²) in [5.41, 5.74) is 3.65. The molecule has 86 valence electrons. The van der Waals surface area contributed by atoms with Crippen LogP contribution in [0.1, 0.15) is 23.6 Å². The third-order valence-corrected chi connectivity index (χ3v) is 2.50. The van der Waals surface area contributed by atoms with E-state index in [1.165, 1.54) is 23.6 Å². The summed E-state index contributed by atoms with van der Waals surface area (Å²) in [4.78, 5) is 10.9. The molecule has 0 aliphatic rings. The van der Waals surface area contributed by atoms with Crippen LogP contribution in [0.4, 0.5) is 0 Å². The SMILES string of the molecule is C=CC(Cc1ccc(C)cc1C)OC(C)=O. The van der Waals surface area contributed by atoms with Gasteiger partial charge in [0.15, 0.2) is 0 Å². The van der Waals surface area contributed by atoms with Gasteiger partial charge in [-0.15, -0.1) is 0 Å². The molecule has 1 rings (SSSR count). The summed E-state index contributed by atoms with van der Waals surface area (Å²) in [5, 5.41) is 0. The lowest BCUT2D eigenvalue weighted by molar-refractivity contribution is -0.144. The minimum Gasteiger partial charge on any atom is -0.458 e. The maximum atomic E-state index is 10.9. The van der Waals surface area contributed by atoms with Crippen molar-refractivity contribution in [2.45, 2.75) is 33.3 Å². The van der Waals surface area contributed by atoms with Crippen molar-refractivity contribution in [3.8, 4) is 0 Å². The second-order valence-electron chi connectivity index (χ2n) is 4.02. The van der Waals surface area contributed by atoms with Crippen molar-refractivity contribution in [2.75, 3.05) is 0 Å². The van der Waals surface area contributed by atoms with Gasteiger partial charge in [0.25, 0.3) is 0 Å². The van der Waals surface area contributed by atoms with Gasteiger partial charge < -0.3 is 4.74 Å². The Morgan fingerprint density at radius 1 is 1.50 bits per heavy atom. The van der Waals surface area contributed by atoms with Crippen molar-refractivity contribution in [3.63, 3.8) is 0 Å². The zero-order chi connectivity index (χ0) is 12.1. The number of carbonyl (C=O) groups excluding carboxylic acids is 1. The lowest BCUT2D eigenvalue weighted by Crippen LogP contribution is -2.16. The number of aryl methyl sites for hydroxylation is 2. The summed E-state index contributed by atoms with van der Waals surface area (Å²) in [6, 6.07) is 6.27. The Bertz CT molecular complexity index is 394. The van der Waals surface area contributed by atoms with Crippen LogP contribution in [0, 0.1) is 13.8 Å². The smallest absolute Gasteiger partial charge is 0.303 e. The van der Waals surface area contributed by atoms with Gasteiger partial charge >= 0.3 is 5.97 Å². The molecule has 0 saturated heterocycles. The van der Waals surface area contributed by atoms with E-state index in [4.69, 9.17) is 4.74 Å². The Hall–Kier alpha value is -1.57. The van der Waals surface area contributed by atoms with E-state index in [1.54, 1.807) is 6.08 Å². The van der Waals surface area contributed by atoms with Crippen molar-refractivity contribution in [1.29, 1.82) is 0 Å². The molecule has 0 amide bonds. The van der Waals surface area contributed by atoms with Crippen molar-refractivity contribution < 1.29 is 9.53 Å². The summed E-state index contributed by atoms with van der Waals surface area (Å²) >= 11 is 0. The summed E-state index contributed by atoms with van der Waals surface area (Å²) < 4.78 is 5.13. The number of hydrogen-bond donors (Lipinski definition) is 0. The third kappa shape index (κ3) is 3.54. The van der Waals surface area contributed by atoms with E-state index in [2.05, 4.69) is 38.6 Å². The van der Waals surface area contributed by atoms with E-state index in [9.17, 15) is 4.79 Å². The van der Waals surface area contributed by atoms with Gasteiger partial charge in [0.1, 0.15) is 6.10 Å². The fourth-order valence-corrected chi connectivity index (χ4v) is 1.68. The molecule has 0 bridgehead atoms. The van der Waals surface area contributed by atoms with Gasteiger partial charge in [-0.05, 0) is 25.0 Å². The molecule has 0 saturated carbocycles. The molecule has 2 nitrogen and oxygen atoms in total. The van der Waals surface area contributed by atoms with Gasteiger partial charge in [-0.1, -0.05) is 36.4 Å². The van der Waals surface area contributed by atoms with Crippen molar-refractivity contribution >= 4 is 5.97 Å². The summed E-state index contributed by atoms with van der Waals surface area (Å²) in [6.45, 7) is 9.22. The maximum absolute atomic E-state index is 10.9. The van der Waals surface area contributed by atoms with Crippen LogP contribution in [-0.2, 0) is 16.0 Å². The van der Waals surface area contributed by atoms with Crippen LogP contribution in [0.15, 0.2) is 30.9 Å². The fraction of sp³-hybridized carbons (Fsp3) is 0.357. The molecule has 1 aromatic carbocycles. The molecule has 0 aliphatic carbocycles. The quantitative estimate of drug-likeness (QED) is 0.573. The van der Waals surface area contributed by atoms with Crippen molar-refractivity contribution in [1.82, 2.24) is 0 Å². The van der Waals surface area contributed by atoms with Crippen molar-refractivity contribution in [3.05, 3.63) is 47.5 Å². The molecular formula is C14H18O2. The van der Waals surface area contributed by atoms with Crippen LogP contribution >= 0.6 is 0 Å². The summed E-state index contributed by atoms with van der Waals surface area (Å²) in [5.74, 6) is -0.269. The highest BCUT2D eigenvalue weighted by atomic mass is 16.5.